The Balaban J connectivity index is 1.36. The number of piperazine rings is 1. The van der Waals surface area contributed by atoms with Gasteiger partial charge in [0.25, 0.3) is 23.5 Å². The highest BCUT2D eigenvalue weighted by Crippen LogP contribution is 2.26. The predicted molar refractivity (Wildman–Crippen MR) is 147 cm³/mol. The first-order valence-electron chi connectivity index (χ1n) is 11.6. The first kappa shape index (κ1) is 25.1. The zero-order chi connectivity index (χ0) is 26.1. The van der Waals surface area contributed by atoms with Crippen molar-refractivity contribution in [3.8, 4) is 0 Å². The number of nitrogens with zero attached hydrogens (tertiary/aromatic N) is 3. The van der Waals surface area contributed by atoms with Crippen LogP contribution in [0.3, 0.4) is 0 Å². The molecule has 3 aromatic carbocycles. The van der Waals surface area contributed by atoms with Crippen LogP contribution in [0, 0.1) is 0 Å². The Bertz CT molecular complexity index is 1550. The van der Waals surface area contributed by atoms with Crippen LogP contribution in [0.2, 0.25) is 0 Å². The number of fused-ring (bicyclic) bond motifs is 1. The summed E-state index contributed by atoms with van der Waals surface area (Å²) in [7, 11) is 0. The highest BCUT2D eigenvalue weighted by Gasteiger charge is 2.31. The van der Waals surface area contributed by atoms with Gasteiger partial charge in [0, 0.05) is 46.7 Å². The molecule has 1 aliphatic rings. The average molecular weight is 623 g/mol. The van der Waals surface area contributed by atoms with Gasteiger partial charge >= 0.3 is 0 Å². The lowest BCUT2D eigenvalue weighted by atomic mass is 10.1. The Hall–Kier alpha value is -3.56. The minimum atomic E-state index is -0.680. The van der Waals surface area contributed by atoms with Gasteiger partial charge < -0.3 is 9.80 Å². The average Bonchev–Trinajstić information content (AvgIpc) is 3.32. The van der Waals surface area contributed by atoms with Gasteiger partial charge in [-0.25, -0.2) is 0 Å². The van der Waals surface area contributed by atoms with E-state index in [1.807, 2.05) is 18.2 Å². The van der Waals surface area contributed by atoms with E-state index in [1.165, 1.54) is 15.7 Å². The number of hydrogen-bond acceptors (Lipinski definition) is 4. The van der Waals surface area contributed by atoms with Crippen molar-refractivity contribution in [2.45, 2.75) is 0 Å². The third-order valence-corrected chi connectivity index (χ3v) is 7.82. The van der Waals surface area contributed by atoms with Crippen LogP contribution in [0.5, 0.6) is 0 Å². The molecule has 0 bridgehead atoms. The monoisotopic (exact) mass is 621 g/mol. The first-order valence-corrected chi connectivity index (χ1v) is 13.2. The summed E-state index contributed by atoms with van der Waals surface area (Å²) in [6.07, 6.45) is 1.44. The second kappa shape index (κ2) is 10.4. The number of Topliss-reactive ketones (excluding diaryl/α,β-unsaturated/α-hetero) is 1. The van der Waals surface area contributed by atoms with E-state index < -0.39 is 11.7 Å². The Kier molecular flexibility index (Phi) is 7.08. The van der Waals surface area contributed by atoms with Gasteiger partial charge in [-0.2, -0.15) is 0 Å². The van der Waals surface area contributed by atoms with E-state index in [0.29, 0.717) is 44.1 Å². The first-order chi connectivity index (χ1) is 17.9. The van der Waals surface area contributed by atoms with Crippen LogP contribution in [0.4, 0.5) is 0 Å². The number of rotatable bonds is 4. The summed E-state index contributed by atoms with van der Waals surface area (Å²) in [5.74, 6) is -1.77. The van der Waals surface area contributed by atoms with Gasteiger partial charge in [-0.15, -0.1) is 0 Å². The summed E-state index contributed by atoms with van der Waals surface area (Å²) in [6.45, 7) is 1.13. The van der Waals surface area contributed by atoms with Gasteiger partial charge in [0.05, 0.1) is 22.2 Å². The summed E-state index contributed by atoms with van der Waals surface area (Å²) in [5, 5.41) is 0.531. The molecule has 0 atom stereocenters. The van der Waals surface area contributed by atoms with Crippen molar-refractivity contribution in [2.75, 3.05) is 26.2 Å². The molecule has 0 saturated carbocycles. The molecular formula is C28H21Br2N3O4. The molecular weight excluding hydrogens is 602 g/mol. The van der Waals surface area contributed by atoms with Crippen molar-refractivity contribution in [3.05, 3.63) is 105 Å². The van der Waals surface area contributed by atoms with Crippen molar-refractivity contribution < 1.29 is 19.2 Å². The Morgan fingerprint density at radius 1 is 0.595 bits per heavy atom. The molecule has 2 heterocycles. The molecule has 1 aromatic heterocycles. The van der Waals surface area contributed by atoms with Crippen molar-refractivity contribution in [3.63, 3.8) is 0 Å². The van der Waals surface area contributed by atoms with Crippen LogP contribution < -0.4 is 0 Å². The normalized spacial score (nSPS) is 13.6. The van der Waals surface area contributed by atoms with Gasteiger partial charge in [0.2, 0.25) is 0 Å². The lowest BCUT2D eigenvalue weighted by molar-refractivity contribution is -0.127. The molecule has 186 valence electrons. The summed E-state index contributed by atoms with van der Waals surface area (Å²) in [6, 6.07) is 21.3. The Labute approximate surface area is 229 Å². The predicted octanol–water partition coefficient (Wildman–Crippen LogP) is 5.02. The molecule has 7 nitrogen and oxygen atoms in total. The van der Waals surface area contributed by atoms with Crippen molar-refractivity contribution in [2.24, 2.45) is 0 Å². The molecule has 0 radical (unpaired) electrons. The smallest absolute Gasteiger partial charge is 0.295 e. The van der Waals surface area contributed by atoms with Crippen LogP contribution >= 0.6 is 31.9 Å². The van der Waals surface area contributed by atoms with Crippen LogP contribution in [0.25, 0.3) is 10.9 Å². The molecule has 5 rings (SSSR count). The zero-order valence-corrected chi connectivity index (χ0v) is 22.7. The van der Waals surface area contributed by atoms with E-state index in [9.17, 15) is 19.2 Å². The number of aromatic nitrogens is 1. The molecule has 1 saturated heterocycles. The molecule has 0 N–H and O–H groups in total. The van der Waals surface area contributed by atoms with Crippen LogP contribution in [0.15, 0.2) is 87.9 Å². The fourth-order valence-electron chi connectivity index (χ4n) is 4.47. The number of para-hydroxylation sites is 1. The van der Waals surface area contributed by atoms with Crippen molar-refractivity contribution >= 4 is 66.3 Å². The van der Waals surface area contributed by atoms with Crippen LogP contribution in [-0.4, -0.2) is 64.1 Å². The quantitative estimate of drug-likeness (QED) is 0.236. The highest BCUT2D eigenvalue weighted by atomic mass is 79.9. The lowest BCUT2D eigenvalue weighted by Gasteiger charge is -2.34. The van der Waals surface area contributed by atoms with Gasteiger partial charge in [-0.3, -0.25) is 23.7 Å². The van der Waals surface area contributed by atoms with Gasteiger partial charge in [0.15, 0.2) is 0 Å². The van der Waals surface area contributed by atoms with E-state index in [1.54, 1.807) is 59.5 Å². The van der Waals surface area contributed by atoms with E-state index >= 15 is 0 Å². The second-order valence-electron chi connectivity index (χ2n) is 8.61. The summed E-state index contributed by atoms with van der Waals surface area (Å²) in [5.41, 5.74) is 1.72. The number of carbonyl (C=O) groups excluding carboxylic acids is 4. The Morgan fingerprint density at radius 3 is 1.73 bits per heavy atom. The summed E-state index contributed by atoms with van der Waals surface area (Å²) < 4.78 is 2.75. The Morgan fingerprint density at radius 2 is 1.11 bits per heavy atom. The van der Waals surface area contributed by atoms with E-state index in [0.717, 1.165) is 0 Å². The number of ketones is 1. The minimum Gasteiger partial charge on any atom is -0.335 e. The topological polar surface area (TPSA) is 79.7 Å². The fraction of sp³-hybridized carbons (Fsp3) is 0.143. The maximum Gasteiger partial charge on any atom is 0.295 e. The standard InChI is InChI=1S/C28H21Br2N3O4/c29-22-10-4-1-8-19(22)26(35)31-13-15-32(16-14-31)28(37)25(34)21-17-33(24-12-6-3-7-18(21)24)27(36)20-9-2-5-11-23(20)30/h1-12,17H,13-16H2. The molecule has 1 fully saturated rings. The number of benzene rings is 3. The van der Waals surface area contributed by atoms with E-state index in [2.05, 4.69) is 31.9 Å². The second-order valence-corrected chi connectivity index (χ2v) is 10.3. The third kappa shape index (κ3) is 4.76. The fourth-order valence-corrected chi connectivity index (χ4v) is 5.38. The van der Waals surface area contributed by atoms with E-state index in [-0.39, 0.29) is 30.5 Å². The van der Waals surface area contributed by atoms with Crippen LogP contribution in [-0.2, 0) is 4.79 Å². The molecule has 1 aliphatic heterocycles. The molecule has 0 spiro atoms. The molecule has 37 heavy (non-hydrogen) atoms. The lowest BCUT2D eigenvalue weighted by Crippen LogP contribution is -2.52. The number of hydrogen-bond donors (Lipinski definition) is 0. The zero-order valence-electron chi connectivity index (χ0n) is 19.6. The third-order valence-electron chi connectivity index (χ3n) is 6.43. The number of carbonyl (C=O) groups is 4. The molecule has 0 unspecified atom stereocenters. The van der Waals surface area contributed by atoms with Crippen LogP contribution in [0.1, 0.15) is 31.1 Å². The summed E-state index contributed by atoms with van der Waals surface area (Å²) >= 11 is 6.82. The highest BCUT2D eigenvalue weighted by molar-refractivity contribution is 9.10. The molecule has 2 amide bonds. The largest absolute Gasteiger partial charge is 0.335 e. The maximum absolute atomic E-state index is 13.4. The van der Waals surface area contributed by atoms with Gasteiger partial charge in [0.1, 0.15) is 0 Å². The number of amides is 2. The SMILES string of the molecule is O=C(C(=O)N1CCN(C(=O)c2ccccc2Br)CC1)c1cn(C(=O)c2ccccc2Br)c2ccccc12. The number of halogens is 2. The van der Waals surface area contributed by atoms with Crippen molar-refractivity contribution in [1.82, 2.24) is 14.4 Å². The van der Waals surface area contributed by atoms with Gasteiger partial charge in [-0.05, 0) is 62.2 Å². The minimum absolute atomic E-state index is 0.125. The summed E-state index contributed by atoms with van der Waals surface area (Å²) in [4.78, 5) is 55.9. The van der Waals surface area contributed by atoms with Crippen molar-refractivity contribution in [1.29, 1.82) is 0 Å². The molecule has 0 aliphatic carbocycles. The van der Waals surface area contributed by atoms with E-state index in [4.69, 9.17) is 0 Å². The molecule has 9 heteroatoms. The molecule has 4 aromatic rings. The maximum atomic E-state index is 13.4. The van der Waals surface area contributed by atoms with Gasteiger partial charge in [-0.1, -0.05) is 42.5 Å².